The van der Waals surface area contributed by atoms with Crippen molar-refractivity contribution in [3.8, 4) is 0 Å². The van der Waals surface area contributed by atoms with Gasteiger partial charge in [-0.2, -0.15) is 0 Å². The first-order chi connectivity index (χ1) is 7.71. The van der Waals surface area contributed by atoms with Crippen LogP contribution in [0.1, 0.15) is 25.8 Å². The first-order valence-electron chi connectivity index (χ1n) is 6.21. The van der Waals surface area contributed by atoms with Crippen molar-refractivity contribution in [1.82, 2.24) is 0 Å². The van der Waals surface area contributed by atoms with Crippen LogP contribution in [-0.4, -0.2) is 20.1 Å². The van der Waals surface area contributed by atoms with E-state index in [-0.39, 0.29) is 0 Å². The Bertz CT molecular complexity index is 288. The van der Waals surface area contributed by atoms with Gasteiger partial charge in [0.1, 0.15) is 0 Å². The Morgan fingerprint density at radius 3 is 2.25 bits per heavy atom. The Labute approximate surface area is 99.5 Å². The van der Waals surface area contributed by atoms with Gasteiger partial charge in [-0.3, -0.25) is 0 Å². The summed E-state index contributed by atoms with van der Waals surface area (Å²) in [7, 11) is 2.14. The summed E-state index contributed by atoms with van der Waals surface area (Å²) < 4.78 is 0. The van der Waals surface area contributed by atoms with Gasteiger partial charge in [-0.1, -0.05) is 32.4 Å². The van der Waals surface area contributed by atoms with E-state index in [0.29, 0.717) is 5.92 Å². The molecule has 1 atom stereocenters. The van der Waals surface area contributed by atoms with Gasteiger partial charge in [0.2, 0.25) is 0 Å². The number of anilines is 1. The molecule has 0 heterocycles. The Hall–Kier alpha value is -1.02. The SMILES string of the molecule is CCc1ccc(N(C)CC(CC)CN)cc1. The minimum atomic E-state index is 0.593. The van der Waals surface area contributed by atoms with Crippen LogP contribution in [0.15, 0.2) is 24.3 Å². The normalized spacial score (nSPS) is 12.5. The Kier molecular flexibility index (Phi) is 5.33. The highest BCUT2D eigenvalue weighted by atomic mass is 15.1. The second-order valence-corrected chi connectivity index (χ2v) is 4.41. The highest BCUT2D eigenvalue weighted by Crippen LogP contribution is 2.16. The number of nitrogens with two attached hydrogens (primary N) is 1. The van der Waals surface area contributed by atoms with Crippen molar-refractivity contribution in [2.24, 2.45) is 11.7 Å². The van der Waals surface area contributed by atoms with E-state index in [1.807, 2.05) is 0 Å². The Morgan fingerprint density at radius 2 is 1.81 bits per heavy atom. The van der Waals surface area contributed by atoms with E-state index in [1.54, 1.807) is 0 Å². The van der Waals surface area contributed by atoms with E-state index >= 15 is 0 Å². The van der Waals surface area contributed by atoms with Crippen LogP contribution in [0.3, 0.4) is 0 Å². The van der Waals surface area contributed by atoms with Gasteiger partial charge in [0.05, 0.1) is 0 Å². The van der Waals surface area contributed by atoms with Gasteiger partial charge in [0.15, 0.2) is 0 Å². The van der Waals surface area contributed by atoms with Crippen LogP contribution in [0, 0.1) is 5.92 Å². The smallest absolute Gasteiger partial charge is 0.0363 e. The molecule has 0 saturated carbocycles. The number of hydrogen-bond donors (Lipinski definition) is 1. The molecule has 1 unspecified atom stereocenters. The first kappa shape index (κ1) is 13.0. The largest absolute Gasteiger partial charge is 0.374 e. The van der Waals surface area contributed by atoms with E-state index in [9.17, 15) is 0 Å². The molecule has 0 radical (unpaired) electrons. The molecule has 1 rings (SSSR count). The first-order valence-corrected chi connectivity index (χ1v) is 6.21. The van der Waals surface area contributed by atoms with Crippen LogP contribution in [0.4, 0.5) is 5.69 Å². The zero-order valence-electron chi connectivity index (χ0n) is 10.7. The third-order valence-electron chi connectivity index (χ3n) is 3.23. The second-order valence-electron chi connectivity index (χ2n) is 4.41. The van der Waals surface area contributed by atoms with Gasteiger partial charge in [0, 0.05) is 19.3 Å². The molecular weight excluding hydrogens is 196 g/mol. The van der Waals surface area contributed by atoms with Gasteiger partial charge in [-0.05, 0) is 36.6 Å². The molecule has 0 aliphatic rings. The van der Waals surface area contributed by atoms with E-state index in [4.69, 9.17) is 5.73 Å². The number of hydrogen-bond acceptors (Lipinski definition) is 2. The van der Waals surface area contributed by atoms with E-state index in [0.717, 1.165) is 25.9 Å². The van der Waals surface area contributed by atoms with Crippen molar-refractivity contribution in [1.29, 1.82) is 0 Å². The molecular formula is C14H24N2. The molecule has 0 spiro atoms. The summed E-state index contributed by atoms with van der Waals surface area (Å²) in [6, 6.07) is 8.80. The number of rotatable bonds is 6. The highest BCUT2D eigenvalue weighted by Gasteiger charge is 2.08. The second kappa shape index (κ2) is 6.54. The van der Waals surface area contributed by atoms with E-state index < -0.39 is 0 Å². The van der Waals surface area contributed by atoms with Crippen molar-refractivity contribution in [3.63, 3.8) is 0 Å². The zero-order chi connectivity index (χ0) is 12.0. The third kappa shape index (κ3) is 3.53. The fourth-order valence-electron chi connectivity index (χ4n) is 1.85. The zero-order valence-corrected chi connectivity index (χ0v) is 10.7. The molecule has 2 N–H and O–H groups in total. The van der Waals surface area contributed by atoms with E-state index in [1.165, 1.54) is 11.3 Å². The molecule has 2 heteroatoms. The van der Waals surface area contributed by atoms with Crippen LogP contribution in [0.5, 0.6) is 0 Å². The molecule has 90 valence electrons. The fraction of sp³-hybridized carbons (Fsp3) is 0.571. The fourth-order valence-corrected chi connectivity index (χ4v) is 1.85. The van der Waals surface area contributed by atoms with Gasteiger partial charge in [-0.15, -0.1) is 0 Å². The molecule has 1 aromatic rings. The van der Waals surface area contributed by atoms with Crippen LogP contribution in [0.25, 0.3) is 0 Å². The van der Waals surface area contributed by atoms with Gasteiger partial charge in [-0.25, -0.2) is 0 Å². The van der Waals surface area contributed by atoms with Crippen LogP contribution < -0.4 is 10.6 Å². The maximum absolute atomic E-state index is 5.73. The molecule has 0 bridgehead atoms. The van der Waals surface area contributed by atoms with Crippen molar-refractivity contribution in [2.45, 2.75) is 26.7 Å². The summed E-state index contributed by atoms with van der Waals surface area (Å²) >= 11 is 0. The van der Waals surface area contributed by atoms with Crippen LogP contribution in [-0.2, 0) is 6.42 Å². The minimum Gasteiger partial charge on any atom is -0.374 e. The molecule has 0 fully saturated rings. The van der Waals surface area contributed by atoms with Crippen molar-refractivity contribution in [3.05, 3.63) is 29.8 Å². The Balaban J connectivity index is 2.61. The lowest BCUT2D eigenvalue weighted by atomic mass is 10.1. The molecule has 0 aliphatic carbocycles. The lowest BCUT2D eigenvalue weighted by Crippen LogP contribution is -2.29. The molecule has 2 nitrogen and oxygen atoms in total. The van der Waals surface area contributed by atoms with Gasteiger partial charge in [0.25, 0.3) is 0 Å². The highest BCUT2D eigenvalue weighted by molar-refractivity contribution is 5.46. The summed E-state index contributed by atoms with van der Waals surface area (Å²) in [5.41, 5.74) is 8.40. The van der Waals surface area contributed by atoms with Crippen molar-refractivity contribution >= 4 is 5.69 Å². The number of aryl methyl sites for hydroxylation is 1. The van der Waals surface area contributed by atoms with Gasteiger partial charge >= 0.3 is 0 Å². The van der Waals surface area contributed by atoms with Crippen molar-refractivity contribution in [2.75, 3.05) is 25.0 Å². The number of nitrogens with zero attached hydrogens (tertiary/aromatic N) is 1. The topological polar surface area (TPSA) is 29.3 Å². The lowest BCUT2D eigenvalue weighted by molar-refractivity contribution is 0.521. The molecule has 0 aromatic heterocycles. The molecule has 16 heavy (non-hydrogen) atoms. The van der Waals surface area contributed by atoms with Crippen molar-refractivity contribution < 1.29 is 0 Å². The average molecular weight is 220 g/mol. The van der Waals surface area contributed by atoms with Crippen LogP contribution in [0.2, 0.25) is 0 Å². The average Bonchev–Trinajstić information content (AvgIpc) is 2.35. The van der Waals surface area contributed by atoms with Crippen LogP contribution >= 0.6 is 0 Å². The van der Waals surface area contributed by atoms with Gasteiger partial charge < -0.3 is 10.6 Å². The monoisotopic (exact) mass is 220 g/mol. The predicted molar refractivity (Wildman–Crippen MR) is 71.9 cm³/mol. The summed E-state index contributed by atoms with van der Waals surface area (Å²) in [6.07, 6.45) is 2.25. The predicted octanol–water partition coefficient (Wildman–Crippen LogP) is 2.67. The molecule has 1 aromatic carbocycles. The summed E-state index contributed by atoms with van der Waals surface area (Å²) in [4.78, 5) is 2.29. The standard InChI is InChI=1S/C14H24N2/c1-4-12-6-8-14(9-7-12)16(3)11-13(5-2)10-15/h6-9,13H,4-5,10-11,15H2,1-3H3. The number of benzene rings is 1. The summed E-state index contributed by atoms with van der Waals surface area (Å²) in [5, 5.41) is 0. The Morgan fingerprint density at radius 1 is 1.19 bits per heavy atom. The molecule has 0 amide bonds. The summed E-state index contributed by atoms with van der Waals surface area (Å²) in [5.74, 6) is 0.593. The minimum absolute atomic E-state index is 0.593. The third-order valence-corrected chi connectivity index (χ3v) is 3.23. The molecule has 0 aliphatic heterocycles. The quantitative estimate of drug-likeness (QED) is 0.798. The molecule has 0 saturated heterocycles. The van der Waals surface area contributed by atoms with E-state index in [2.05, 4.69) is 50.1 Å². The lowest BCUT2D eigenvalue weighted by Gasteiger charge is -2.24. The maximum Gasteiger partial charge on any atom is 0.0363 e. The summed E-state index contributed by atoms with van der Waals surface area (Å²) in [6.45, 7) is 6.19. The maximum atomic E-state index is 5.73.